The number of hydrogen-bond acceptors (Lipinski definition) is 4. The molecule has 1 aromatic heterocycles. The monoisotopic (exact) mass is 390 g/mol. The number of hydrogen-bond donors (Lipinski definition) is 1. The quantitative estimate of drug-likeness (QED) is 0.849. The second kappa shape index (κ2) is 8.15. The van der Waals surface area contributed by atoms with Gasteiger partial charge in [0.1, 0.15) is 5.69 Å². The SMILES string of the molecule is Cc1cnc(C(=O)NCC23CCCC=C2N(Cc2ccccc2)C(=O)CC3)cn1. The largest absolute Gasteiger partial charge is 0.350 e. The lowest BCUT2D eigenvalue weighted by Crippen LogP contribution is -2.50. The van der Waals surface area contributed by atoms with Crippen LogP contribution in [0.1, 0.15) is 53.8 Å². The molecule has 2 aliphatic rings. The van der Waals surface area contributed by atoms with Crippen LogP contribution in [0.15, 0.2) is 54.5 Å². The number of likely N-dealkylation sites (tertiary alicyclic amines) is 1. The van der Waals surface area contributed by atoms with Crippen molar-refractivity contribution >= 4 is 11.8 Å². The maximum absolute atomic E-state index is 12.8. The fourth-order valence-electron chi connectivity index (χ4n) is 4.35. The van der Waals surface area contributed by atoms with Crippen LogP contribution >= 0.6 is 0 Å². The molecule has 1 aliphatic carbocycles. The van der Waals surface area contributed by atoms with Gasteiger partial charge >= 0.3 is 0 Å². The Balaban J connectivity index is 1.53. The Morgan fingerprint density at radius 3 is 2.76 bits per heavy atom. The van der Waals surface area contributed by atoms with Crippen LogP contribution < -0.4 is 5.32 Å². The van der Waals surface area contributed by atoms with Gasteiger partial charge in [-0.2, -0.15) is 0 Å². The Hall–Kier alpha value is -3.02. The Kier molecular flexibility index (Phi) is 5.43. The van der Waals surface area contributed by atoms with Crippen molar-refractivity contribution in [3.63, 3.8) is 0 Å². The summed E-state index contributed by atoms with van der Waals surface area (Å²) in [7, 11) is 0. The number of aryl methyl sites for hydroxylation is 1. The Morgan fingerprint density at radius 1 is 1.17 bits per heavy atom. The van der Waals surface area contributed by atoms with E-state index in [9.17, 15) is 9.59 Å². The van der Waals surface area contributed by atoms with Crippen LogP contribution in [0, 0.1) is 12.3 Å². The van der Waals surface area contributed by atoms with Gasteiger partial charge in [0.05, 0.1) is 18.4 Å². The summed E-state index contributed by atoms with van der Waals surface area (Å²) < 4.78 is 0. The third-order valence-electron chi connectivity index (χ3n) is 5.93. The van der Waals surface area contributed by atoms with E-state index in [-0.39, 0.29) is 17.2 Å². The lowest BCUT2D eigenvalue weighted by Gasteiger charge is -2.47. The highest BCUT2D eigenvalue weighted by atomic mass is 16.2. The average molecular weight is 390 g/mol. The summed E-state index contributed by atoms with van der Waals surface area (Å²) in [5, 5.41) is 3.06. The second-order valence-corrected chi connectivity index (χ2v) is 7.95. The molecule has 6 nitrogen and oxygen atoms in total. The number of carbonyl (C=O) groups is 2. The molecule has 1 unspecified atom stereocenters. The van der Waals surface area contributed by atoms with E-state index in [1.807, 2.05) is 42.2 Å². The highest BCUT2D eigenvalue weighted by Crippen LogP contribution is 2.46. The summed E-state index contributed by atoms with van der Waals surface area (Å²) in [6.07, 6.45) is 9.57. The molecule has 0 radical (unpaired) electrons. The molecule has 1 aromatic carbocycles. The molecule has 1 saturated heterocycles. The van der Waals surface area contributed by atoms with Gasteiger partial charge in [0, 0.05) is 30.3 Å². The predicted molar refractivity (Wildman–Crippen MR) is 110 cm³/mol. The molecule has 1 fully saturated rings. The van der Waals surface area contributed by atoms with Gasteiger partial charge in [-0.25, -0.2) is 4.98 Å². The summed E-state index contributed by atoms with van der Waals surface area (Å²) in [5.41, 5.74) is 3.08. The minimum absolute atomic E-state index is 0.161. The van der Waals surface area contributed by atoms with Gasteiger partial charge in [-0.15, -0.1) is 0 Å². The molecule has 0 spiro atoms. The van der Waals surface area contributed by atoms with Gasteiger partial charge in [-0.3, -0.25) is 14.6 Å². The number of amides is 2. The third kappa shape index (κ3) is 4.06. The number of benzene rings is 1. The molecule has 6 heteroatoms. The number of nitrogens with one attached hydrogen (secondary N) is 1. The number of piperidine rings is 1. The second-order valence-electron chi connectivity index (χ2n) is 7.95. The first-order chi connectivity index (χ1) is 14.1. The lowest BCUT2D eigenvalue weighted by molar-refractivity contribution is -0.134. The van der Waals surface area contributed by atoms with E-state index >= 15 is 0 Å². The molecule has 0 saturated carbocycles. The van der Waals surface area contributed by atoms with E-state index < -0.39 is 0 Å². The van der Waals surface area contributed by atoms with Crippen LogP contribution in [0.5, 0.6) is 0 Å². The zero-order valence-electron chi connectivity index (χ0n) is 16.7. The highest BCUT2D eigenvalue weighted by Gasteiger charge is 2.44. The number of fused-ring (bicyclic) bond motifs is 1. The van der Waals surface area contributed by atoms with Gasteiger partial charge < -0.3 is 10.2 Å². The minimum atomic E-state index is -0.219. The highest BCUT2D eigenvalue weighted by molar-refractivity contribution is 5.92. The van der Waals surface area contributed by atoms with Crippen molar-refractivity contribution in [2.45, 2.75) is 45.6 Å². The third-order valence-corrected chi connectivity index (χ3v) is 5.93. The number of carbonyl (C=O) groups excluding carboxylic acids is 2. The van der Waals surface area contributed by atoms with E-state index in [1.165, 1.54) is 6.20 Å². The number of nitrogens with zero attached hydrogens (tertiary/aromatic N) is 3. The first-order valence-electron chi connectivity index (χ1n) is 10.2. The van der Waals surface area contributed by atoms with Crippen LogP contribution in [-0.2, 0) is 11.3 Å². The first-order valence-corrected chi connectivity index (χ1v) is 10.2. The van der Waals surface area contributed by atoms with E-state index in [4.69, 9.17) is 0 Å². The van der Waals surface area contributed by atoms with Crippen LogP contribution in [-0.4, -0.2) is 33.2 Å². The van der Waals surface area contributed by atoms with E-state index in [2.05, 4.69) is 21.4 Å². The van der Waals surface area contributed by atoms with Crippen molar-refractivity contribution in [2.24, 2.45) is 5.41 Å². The van der Waals surface area contributed by atoms with Crippen molar-refractivity contribution in [1.82, 2.24) is 20.2 Å². The standard InChI is InChI=1S/C23H26N4O2/c1-17-13-25-19(14-24-17)22(29)26-16-23-11-6-5-9-20(23)27(21(28)10-12-23)15-18-7-3-2-4-8-18/h2-4,7-9,13-14H,5-6,10-12,15-16H2,1H3,(H,26,29). The minimum Gasteiger partial charge on any atom is -0.350 e. The van der Waals surface area contributed by atoms with Gasteiger partial charge in [-0.1, -0.05) is 36.4 Å². The van der Waals surface area contributed by atoms with E-state index in [0.717, 1.165) is 42.6 Å². The van der Waals surface area contributed by atoms with Crippen molar-refractivity contribution < 1.29 is 9.59 Å². The fraction of sp³-hybridized carbons (Fsp3) is 0.391. The maximum atomic E-state index is 12.8. The van der Waals surface area contributed by atoms with E-state index in [1.54, 1.807) is 6.20 Å². The molecule has 1 atom stereocenters. The van der Waals surface area contributed by atoms with Crippen molar-refractivity contribution in [2.75, 3.05) is 6.54 Å². The van der Waals surface area contributed by atoms with Gasteiger partial charge in [0.2, 0.25) is 5.91 Å². The van der Waals surface area contributed by atoms with Gasteiger partial charge in [0.25, 0.3) is 5.91 Å². The van der Waals surface area contributed by atoms with Crippen LogP contribution in [0.2, 0.25) is 0 Å². The molecular weight excluding hydrogens is 364 g/mol. The van der Waals surface area contributed by atoms with Crippen LogP contribution in [0.3, 0.4) is 0 Å². The van der Waals surface area contributed by atoms with E-state index in [0.29, 0.717) is 25.2 Å². The first kappa shape index (κ1) is 19.3. The molecule has 4 rings (SSSR count). The average Bonchev–Trinajstić information content (AvgIpc) is 2.75. The molecule has 0 bridgehead atoms. The van der Waals surface area contributed by atoms with Crippen molar-refractivity contribution in [1.29, 1.82) is 0 Å². The zero-order chi connectivity index (χ0) is 20.3. The van der Waals surface area contributed by atoms with Crippen LogP contribution in [0.25, 0.3) is 0 Å². The normalized spacial score (nSPS) is 21.3. The number of aromatic nitrogens is 2. The topological polar surface area (TPSA) is 75.2 Å². The molecule has 1 aliphatic heterocycles. The lowest BCUT2D eigenvalue weighted by atomic mass is 9.69. The Morgan fingerprint density at radius 2 is 2.00 bits per heavy atom. The summed E-state index contributed by atoms with van der Waals surface area (Å²) in [4.78, 5) is 35.6. The molecule has 2 heterocycles. The molecule has 1 N–H and O–H groups in total. The molecule has 2 aromatic rings. The fourth-order valence-corrected chi connectivity index (χ4v) is 4.35. The van der Waals surface area contributed by atoms with Crippen molar-refractivity contribution in [3.8, 4) is 0 Å². The number of rotatable bonds is 5. The summed E-state index contributed by atoms with van der Waals surface area (Å²) in [6.45, 7) is 2.92. The molecule has 150 valence electrons. The molecule has 29 heavy (non-hydrogen) atoms. The zero-order valence-corrected chi connectivity index (χ0v) is 16.7. The smallest absolute Gasteiger partial charge is 0.271 e. The predicted octanol–water partition coefficient (Wildman–Crippen LogP) is 3.39. The summed E-state index contributed by atoms with van der Waals surface area (Å²) in [6, 6.07) is 10.1. The Labute approximate surface area is 171 Å². The Bertz CT molecular complexity index is 924. The van der Waals surface area contributed by atoms with Gasteiger partial charge in [0.15, 0.2) is 0 Å². The van der Waals surface area contributed by atoms with Crippen molar-refractivity contribution in [3.05, 3.63) is 71.4 Å². The summed E-state index contributed by atoms with van der Waals surface area (Å²) in [5.74, 6) is -0.0586. The summed E-state index contributed by atoms with van der Waals surface area (Å²) >= 11 is 0. The molecular formula is C23H26N4O2. The van der Waals surface area contributed by atoms with Gasteiger partial charge in [-0.05, 0) is 38.2 Å². The maximum Gasteiger partial charge on any atom is 0.271 e. The molecule has 2 amide bonds. The number of allylic oxidation sites excluding steroid dienone is 1. The van der Waals surface area contributed by atoms with Crippen LogP contribution in [0.4, 0.5) is 0 Å².